The van der Waals surface area contributed by atoms with Crippen LogP contribution in [0.5, 0.6) is 11.5 Å². The maximum Gasteiger partial charge on any atom is 0.201 e. The normalized spacial score (nSPS) is 16.3. The van der Waals surface area contributed by atoms with Crippen LogP contribution >= 0.6 is 0 Å². The zero-order valence-electron chi connectivity index (χ0n) is 14.7. The Kier molecular flexibility index (Phi) is 4.31. The molecule has 25 heavy (non-hydrogen) atoms. The minimum Gasteiger partial charge on any atom is -0.506 e. The van der Waals surface area contributed by atoms with Gasteiger partial charge in [0.2, 0.25) is 5.78 Å². The fourth-order valence-electron chi connectivity index (χ4n) is 2.86. The number of carbonyl (C=O) groups is 1. The summed E-state index contributed by atoms with van der Waals surface area (Å²) in [5.74, 6) is 0.913. The smallest absolute Gasteiger partial charge is 0.201 e. The second kappa shape index (κ2) is 6.43. The number of ketones is 1. The van der Waals surface area contributed by atoms with Gasteiger partial charge in [0.1, 0.15) is 19.9 Å². The van der Waals surface area contributed by atoms with Crippen molar-refractivity contribution < 1.29 is 24.0 Å². The number of Topliss-reactive ketones (excluding diaryl/α,β-unsaturated/α-hetero) is 1. The van der Waals surface area contributed by atoms with E-state index >= 15 is 0 Å². The monoisotopic (exact) mass is 338 g/mol. The third kappa shape index (κ3) is 2.78. The van der Waals surface area contributed by atoms with Crippen LogP contribution in [0.15, 0.2) is 59.4 Å². The molecule has 0 saturated carbocycles. The summed E-state index contributed by atoms with van der Waals surface area (Å²) in [6.07, 6.45) is 7.50. The molecule has 0 bridgehead atoms. The molecule has 1 aromatic rings. The van der Waals surface area contributed by atoms with Gasteiger partial charge in [0, 0.05) is 12.2 Å². The van der Waals surface area contributed by atoms with Gasteiger partial charge in [0.05, 0.1) is 25.4 Å². The first-order valence-corrected chi connectivity index (χ1v) is 7.83. The van der Waals surface area contributed by atoms with E-state index in [4.69, 9.17) is 9.47 Å². The minimum atomic E-state index is -0.178. The van der Waals surface area contributed by atoms with Gasteiger partial charge >= 0.3 is 0 Å². The van der Waals surface area contributed by atoms with Gasteiger partial charge in [-0.3, -0.25) is 4.79 Å². The molecule has 1 aromatic carbocycles. The summed E-state index contributed by atoms with van der Waals surface area (Å²) < 4.78 is 12.4. The van der Waals surface area contributed by atoms with Gasteiger partial charge in [0.15, 0.2) is 17.2 Å². The van der Waals surface area contributed by atoms with E-state index in [0.717, 1.165) is 5.71 Å². The molecule has 0 atom stereocenters. The first kappa shape index (κ1) is 16.8. The van der Waals surface area contributed by atoms with Gasteiger partial charge in [-0.1, -0.05) is 6.07 Å². The van der Waals surface area contributed by atoms with E-state index in [1.807, 2.05) is 43.0 Å². The van der Waals surface area contributed by atoms with Gasteiger partial charge in [-0.2, -0.15) is 0 Å². The Hall–Kier alpha value is -3.08. The van der Waals surface area contributed by atoms with Crippen molar-refractivity contribution in [2.45, 2.75) is 0 Å². The van der Waals surface area contributed by atoms with Crippen LogP contribution in [0.25, 0.3) is 5.57 Å². The molecule has 2 aliphatic rings. The Labute approximate surface area is 146 Å². The summed E-state index contributed by atoms with van der Waals surface area (Å²) >= 11 is 0. The molecule has 3 rings (SSSR count). The fourth-order valence-corrected chi connectivity index (χ4v) is 2.86. The largest absolute Gasteiger partial charge is 0.506 e. The number of nitrogens with zero attached hydrogens (tertiary/aromatic N) is 1. The fraction of sp³-hybridized carbons (Fsp3) is 0.200. The summed E-state index contributed by atoms with van der Waals surface area (Å²) in [5.41, 5.74) is 2.98. The van der Waals surface area contributed by atoms with Crippen molar-refractivity contribution in [3.63, 3.8) is 0 Å². The van der Waals surface area contributed by atoms with Crippen LogP contribution in [0.3, 0.4) is 0 Å². The van der Waals surface area contributed by atoms with Crippen LogP contribution in [-0.2, 0) is 4.79 Å². The summed E-state index contributed by atoms with van der Waals surface area (Å²) in [5, 5.41) is 10.5. The third-order valence-corrected chi connectivity index (χ3v) is 4.27. The lowest BCUT2D eigenvalue weighted by Gasteiger charge is -2.24. The number of rotatable bonds is 3. The molecule has 0 saturated heterocycles. The molecule has 128 valence electrons. The molecular formula is C20H20NO4+. The maximum atomic E-state index is 12.6. The Morgan fingerprint density at radius 2 is 1.56 bits per heavy atom. The second-order valence-electron chi connectivity index (χ2n) is 5.94. The van der Waals surface area contributed by atoms with Crippen molar-refractivity contribution in [2.75, 3.05) is 28.3 Å². The molecule has 0 amide bonds. The number of hydrogen-bond donors (Lipinski definition) is 1. The number of aliphatic hydroxyl groups excluding tert-OH is 1. The Morgan fingerprint density at radius 1 is 0.920 bits per heavy atom. The van der Waals surface area contributed by atoms with Crippen LogP contribution in [0.1, 0.15) is 5.56 Å². The van der Waals surface area contributed by atoms with E-state index in [1.54, 1.807) is 25.3 Å². The first-order chi connectivity index (χ1) is 12.0. The van der Waals surface area contributed by atoms with Gasteiger partial charge in [0.25, 0.3) is 0 Å². The number of benzene rings is 1. The van der Waals surface area contributed by atoms with Crippen molar-refractivity contribution >= 4 is 17.1 Å². The molecule has 1 N–H and O–H groups in total. The molecule has 0 spiro atoms. The lowest BCUT2D eigenvalue weighted by Crippen LogP contribution is -2.23. The summed E-state index contributed by atoms with van der Waals surface area (Å²) in [4.78, 5) is 12.6. The van der Waals surface area contributed by atoms with Gasteiger partial charge in [-0.15, -0.1) is 0 Å². The molecular weight excluding hydrogens is 318 g/mol. The molecule has 0 aromatic heterocycles. The molecule has 5 heteroatoms. The van der Waals surface area contributed by atoms with Crippen LogP contribution in [0.4, 0.5) is 0 Å². The second-order valence-corrected chi connectivity index (χ2v) is 5.94. The summed E-state index contributed by atoms with van der Waals surface area (Å²) in [7, 11) is 6.97. The Balaban J connectivity index is 2.01. The number of allylic oxidation sites excluding steroid dienone is 7. The molecule has 5 nitrogen and oxygen atoms in total. The third-order valence-electron chi connectivity index (χ3n) is 4.27. The maximum absolute atomic E-state index is 12.6. The molecule has 0 aliphatic heterocycles. The summed E-state index contributed by atoms with van der Waals surface area (Å²) in [6.45, 7) is 0. The molecule has 0 unspecified atom stereocenters. The average molecular weight is 338 g/mol. The standard InChI is InChI=1S/C20H19NO4/c1-21(2)14-8-5-12(6-9-14)17-19(22)18(20(17)23)13-7-10-15(24-3)16(11-13)25-4/h5-11H,1-4H3/p+1. The lowest BCUT2D eigenvalue weighted by atomic mass is 9.80. The van der Waals surface area contributed by atoms with Crippen LogP contribution in [0, 0.1) is 0 Å². The quantitative estimate of drug-likeness (QED) is 0.680. The van der Waals surface area contributed by atoms with Crippen molar-refractivity contribution in [3.8, 4) is 11.5 Å². The van der Waals surface area contributed by atoms with Crippen molar-refractivity contribution in [1.82, 2.24) is 0 Å². The highest BCUT2D eigenvalue weighted by Crippen LogP contribution is 2.41. The molecule has 0 heterocycles. The van der Waals surface area contributed by atoms with E-state index in [0.29, 0.717) is 33.8 Å². The zero-order chi connectivity index (χ0) is 18.1. The highest BCUT2D eigenvalue weighted by atomic mass is 16.5. The highest BCUT2D eigenvalue weighted by molar-refractivity contribution is 6.39. The van der Waals surface area contributed by atoms with E-state index < -0.39 is 0 Å². The lowest BCUT2D eigenvalue weighted by molar-refractivity contribution is -0.462. The predicted molar refractivity (Wildman–Crippen MR) is 96.5 cm³/mol. The number of ether oxygens (including phenoxy) is 2. The van der Waals surface area contributed by atoms with Gasteiger partial charge in [-0.05, 0) is 35.4 Å². The first-order valence-electron chi connectivity index (χ1n) is 7.83. The van der Waals surface area contributed by atoms with Gasteiger partial charge in [-0.25, -0.2) is 4.58 Å². The van der Waals surface area contributed by atoms with Crippen molar-refractivity contribution in [3.05, 3.63) is 65.0 Å². The number of carbonyl (C=O) groups excluding carboxylic acids is 1. The number of hydrogen-bond acceptors (Lipinski definition) is 4. The van der Waals surface area contributed by atoms with E-state index in [9.17, 15) is 9.90 Å². The number of aliphatic hydroxyl groups is 1. The number of methoxy groups -OCH3 is 2. The predicted octanol–water partition coefficient (Wildman–Crippen LogP) is 2.69. The Bertz CT molecular complexity index is 892. The molecule has 2 aliphatic carbocycles. The van der Waals surface area contributed by atoms with E-state index in [-0.39, 0.29) is 11.5 Å². The zero-order valence-corrected chi connectivity index (χ0v) is 14.7. The van der Waals surface area contributed by atoms with Crippen LogP contribution < -0.4 is 9.47 Å². The van der Waals surface area contributed by atoms with Crippen molar-refractivity contribution in [1.29, 1.82) is 0 Å². The Morgan fingerprint density at radius 3 is 2.08 bits per heavy atom. The van der Waals surface area contributed by atoms with E-state index in [1.165, 1.54) is 7.11 Å². The van der Waals surface area contributed by atoms with Crippen LogP contribution in [-0.4, -0.2) is 49.5 Å². The minimum absolute atomic E-state index is 0.00910. The topological polar surface area (TPSA) is 58.8 Å². The summed E-state index contributed by atoms with van der Waals surface area (Å²) in [6, 6.07) is 5.14. The van der Waals surface area contributed by atoms with Crippen molar-refractivity contribution in [2.24, 2.45) is 0 Å². The molecule has 0 radical (unpaired) electrons. The highest BCUT2D eigenvalue weighted by Gasteiger charge is 2.37. The van der Waals surface area contributed by atoms with E-state index in [2.05, 4.69) is 0 Å². The van der Waals surface area contributed by atoms with Gasteiger partial charge < -0.3 is 14.6 Å². The average Bonchev–Trinajstić information content (AvgIpc) is 2.62. The SMILES string of the molecule is COc1ccc(C2=C(O)C(=C3C=CC(=[N+](C)C)C=C3)C2=O)cc1OC. The van der Waals surface area contributed by atoms with Crippen LogP contribution in [0.2, 0.25) is 0 Å². The molecule has 0 fully saturated rings.